The summed E-state index contributed by atoms with van der Waals surface area (Å²) in [6, 6.07) is 72.6. The third kappa shape index (κ3) is 5.69. The molecule has 10 aromatic rings. The third-order valence-electron chi connectivity index (χ3n) is 13.7. The monoisotopic (exact) mass is 791 g/mol. The van der Waals surface area contributed by atoms with Crippen LogP contribution >= 0.6 is 0 Å². The van der Waals surface area contributed by atoms with Crippen molar-refractivity contribution in [3.8, 4) is 61.5 Å². The average molecular weight is 792 g/mol. The largest absolute Gasteiger partial charge is 0.310 e. The molecule has 0 spiro atoms. The molecule has 1 aromatic heterocycles. The van der Waals surface area contributed by atoms with Gasteiger partial charge in [-0.05, 0) is 142 Å². The van der Waals surface area contributed by atoms with Crippen molar-refractivity contribution in [3.05, 3.63) is 229 Å². The first-order valence-electron chi connectivity index (χ1n) is 22.0. The fourth-order valence-electron chi connectivity index (χ4n) is 10.7. The molecule has 0 fully saturated rings. The summed E-state index contributed by atoms with van der Waals surface area (Å²) in [5.41, 5.74) is 19.1. The van der Waals surface area contributed by atoms with Gasteiger partial charge in [0, 0.05) is 16.8 Å². The van der Waals surface area contributed by atoms with Gasteiger partial charge in [0.2, 0.25) is 0 Å². The van der Waals surface area contributed by atoms with Gasteiger partial charge in [0.15, 0.2) is 0 Å². The lowest BCUT2D eigenvalue weighted by Gasteiger charge is -2.22. The molecule has 62 heavy (non-hydrogen) atoms. The molecule has 0 atom stereocenters. The number of aromatic nitrogens is 1. The van der Waals surface area contributed by atoms with Gasteiger partial charge in [0.25, 0.3) is 0 Å². The maximum Gasteiger partial charge on any atom is 0.0534 e. The predicted octanol–water partition coefficient (Wildman–Crippen LogP) is 16.6. The van der Waals surface area contributed by atoms with Crippen LogP contribution in [0.15, 0.2) is 212 Å². The van der Waals surface area contributed by atoms with Crippen molar-refractivity contribution in [2.45, 2.75) is 32.1 Å². The maximum absolute atomic E-state index is 2.49. The van der Waals surface area contributed by atoms with E-state index in [2.05, 4.69) is 231 Å². The Morgan fingerprint density at radius 1 is 0.419 bits per heavy atom. The van der Waals surface area contributed by atoms with Crippen LogP contribution in [0, 0.1) is 0 Å². The molecule has 0 unspecified atom stereocenters. The number of rotatable bonds is 6. The Labute approximate surface area is 363 Å². The van der Waals surface area contributed by atoms with Gasteiger partial charge in [-0.25, -0.2) is 0 Å². The van der Waals surface area contributed by atoms with Gasteiger partial charge in [0.1, 0.15) is 0 Å². The van der Waals surface area contributed by atoms with Crippen LogP contribution in [0.2, 0.25) is 0 Å². The standard InChI is InChI=1S/C61H45N/c1-61(2)55-27-14-13-23-48(55)49-34-32-45(38-56(49)61)40-28-30-44(31-29-40)59-51-24-11-12-25-52(51)60(50-26-15-21-41-16-9-10-22-47(41)50)53-35-33-46(39-54(53)59)62-57(42-17-5-3-6-18-42)36-37-58(62)43-19-7-4-8-20-43/h3-7,9-19,21-39H,8,20H2,1-2H3. The minimum Gasteiger partial charge on any atom is -0.310 e. The molecule has 12 rings (SSSR count). The molecular weight excluding hydrogens is 747 g/mol. The first-order chi connectivity index (χ1) is 30.5. The minimum absolute atomic E-state index is 0.0482. The van der Waals surface area contributed by atoms with Crippen molar-refractivity contribution in [2.75, 3.05) is 0 Å². The van der Waals surface area contributed by atoms with Crippen LogP contribution in [0.4, 0.5) is 0 Å². The predicted molar refractivity (Wildman–Crippen MR) is 264 cm³/mol. The van der Waals surface area contributed by atoms with E-state index < -0.39 is 0 Å². The highest BCUT2D eigenvalue weighted by molar-refractivity contribution is 6.24. The van der Waals surface area contributed by atoms with Gasteiger partial charge in [-0.1, -0.05) is 196 Å². The Bertz CT molecular complexity index is 3460. The minimum atomic E-state index is -0.0482. The van der Waals surface area contributed by atoms with Crippen LogP contribution < -0.4 is 0 Å². The van der Waals surface area contributed by atoms with E-state index in [4.69, 9.17) is 0 Å². The van der Waals surface area contributed by atoms with E-state index >= 15 is 0 Å². The molecule has 2 aliphatic carbocycles. The summed E-state index contributed by atoms with van der Waals surface area (Å²) < 4.78 is 2.49. The molecule has 0 saturated carbocycles. The number of hydrogen-bond donors (Lipinski definition) is 0. The summed E-state index contributed by atoms with van der Waals surface area (Å²) in [5, 5.41) is 7.51. The van der Waals surface area contributed by atoms with E-state index in [1.54, 1.807) is 0 Å². The number of fused-ring (bicyclic) bond motifs is 6. The zero-order valence-electron chi connectivity index (χ0n) is 35.1. The van der Waals surface area contributed by atoms with Crippen molar-refractivity contribution >= 4 is 37.9 Å². The lowest BCUT2D eigenvalue weighted by atomic mass is 9.81. The summed E-state index contributed by atoms with van der Waals surface area (Å²) >= 11 is 0. The summed E-state index contributed by atoms with van der Waals surface area (Å²) in [5.74, 6) is 0. The van der Waals surface area contributed by atoms with Crippen molar-refractivity contribution in [1.82, 2.24) is 4.57 Å². The topological polar surface area (TPSA) is 4.93 Å². The second-order valence-electron chi connectivity index (χ2n) is 17.5. The smallest absolute Gasteiger partial charge is 0.0534 e. The highest BCUT2D eigenvalue weighted by Crippen LogP contribution is 2.50. The number of nitrogens with zero attached hydrogens (tertiary/aromatic N) is 1. The lowest BCUT2D eigenvalue weighted by Crippen LogP contribution is -2.14. The highest BCUT2D eigenvalue weighted by Gasteiger charge is 2.35. The summed E-state index contributed by atoms with van der Waals surface area (Å²) in [6.07, 6.45) is 8.85. The Morgan fingerprint density at radius 3 is 1.89 bits per heavy atom. The summed E-state index contributed by atoms with van der Waals surface area (Å²) in [6.45, 7) is 4.72. The third-order valence-corrected chi connectivity index (χ3v) is 13.7. The van der Waals surface area contributed by atoms with Crippen LogP contribution in [0.1, 0.15) is 43.5 Å². The van der Waals surface area contributed by atoms with E-state index in [9.17, 15) is 0 Å². The van der Waals surface area contributed by atoms with Gasteiger partial charge in [-0.15, -0.1) is 0 Å². The van der Waals surface area contributed by atoms with E-state index in [1.807, 2.05) is 0 Å². The Hall–Kier alpha value is -7.48. The van der Waals surface area contributed by atoms with Crippen LogP contribution in [-0.4, -0.2) is 4.57 Å². The molecular formula is C61H45N. The fourth-order valence-corrected chi connectivity index (χ4v) is 10.7. The molecule has 1 nitrogen and oxygen atoms in total. The van der Waals surface area contributed by atoms with Crippen molar-refractivity contribution in [3.63, 3.8) is 0 Å². The second-order valence-corrected chi connectivity index (χ2v) is 17.5. The molecule has 1 heterocycles. The summed E-state index contributed by atoms with van der Waals surface area (Å²) in [4.78, 5) is 0. The molecule has 0 radical (unpaired) electrons. The quantitative estimate of drug-likeness (QED) is 0.148. The van der Waals surface area contributed by atoms with Crippen LogP contribution in [-0.2, 0) is 5.41 Å². The van der Waals surface area contributed by atoms with Gasteiger partial charge in [-0.3, -0.25) is 0 Å². The van der Waals surface area contributed by atoms with Crippen LogP contribution in [0.3, 0.4) is 0 Å². The maximum atomic E-state index is 2.49. The average Bonchev–Trinajstić information content (AvgIpc) is 3.88. The van der Waals surface area contributed by atoms with Gasteiger partial charge >= 0.3 is 0 Å². The SMILES string of the molecule is CC1(C)c2ccccc2-c2ccc(-c3ccc(-c4c5ccccc5c(-c5cccc6ccccc56)c5ccc(-n6c(C7=CC=CCC7)ccc6-c6ccccc6)cc45)cc3)cc21. The molecule has 0 amide bonds. The first kappa shape index (κ1) is 36.4. The number of benzene rings is 9. The van der Waals surface area contributed by atoms with Gasteiger partial charge in [0.05, 0.1) is 5.69 Å². The molecule has 0 aliphatic heterocycles. The summed E-state index contributed by atoms with van der Waals surface area (Å²) in [7, 11) is 0. The molecule has 0 saturated heterocycles. The van der Waals surface area contributed by atoms with E-state index in [0.717, 1.165) is 18.5 Å². The zero-order chi connectivity index (χ0) is 41.4. The molecule has 2 aliphatic rings. The molecule has 1 heteroatoms. The highest BCUT2D eigenvalue weighted by atomic mass is 15.0. The zero-order valence-corrected chi connectivity index (χ0v) is 35.1. The van der Waals surface area contributed by atoms with Gasteiger partial charge in [-0.2, -0.15) is 0 Å². The molecule has 0 bridgehead atoms. The Balaban J connectivity index is 1.10. The molecule has 9 aromatic carbocycles. The lowest BCUT2D eigenvalue weighted by molar-refractivity contribution is 0.660. The van der Waals surface area contributed by atoms with Gasteiger partial charge < -0.3 is 4.57 Å². The van der Waals surface area contributed by atoms with E-state index in [1.165, 1.54) is 110 Å². The molecule has 294 valence electrons. The van der Waals surface area contributed by atoms with Crippen molar-refractivity contribution < 1.29 is 0 Å². The first-order valence-corrected chi connectivity index (χ1v) is 22.0. The number of hydrogen-bond acceptors (Lipinski definition) is 0. The molecule has 0 N–H and O–H groups in total. The van der Waals surface area contributed by atoms with Crippen LogP contribution in [0.25, 0.3) is 99.3 Å². The fraction of sp³-hybridized carbons (Fsp3) is 0.0820. The van der Waals surface area contributed by atoms with Crippen LogP contribution in [0.5, 0.6) is 0 Å². The normalized spacial score (nSPS) is 14.0. The van der Waals surface area contributed by atoms with Crippen molar-refractivity contribution in [2.24, 2.45) is 0 Å². The Morgan fingerprint density at radius 2 is 1.06 bits per heavy atom. The van der Waals surface area contributed by atoms with E-state index in [-0.39, 0.29) is 5.41 Å². The number of allylic oxidation sites excluding steroid dienone is 4. The van der Waals surface area contributed by atoms with E-state index in [0.29, 0.717) is 0 Å². The van der Waals surface area contributed by atoms with Crippen molar-refractivity contribution in [1.29, 1.82) is 0 Å². The Kier molecular flexibility index (Phi) is 8.40. The second kappa shape index (κ2) is 14.3.